The maximum absolute atomic E-state index is 12.8. The van der Waals surface area contributed by atoms with Crippen molar-refractivity contribution in [2.45, 2.75) is 19.3 Å². The Balaban J connectivity index is 1.36. The average molecular weight is 333 g/mol. The van der Waals surface area contributed by atoms with Crippen molar-refractivity contribution in [1.82, 2.24) is 4.90 Å². The first kappa shape index (κ1) is 15.9. The highest BCUT2D eigenvalue weighted by Gasteiger charge is 2.26. The molecule has 2 aliphatic heterocycles. The second-order valence-electron chi connectivity index (χ2n) is 6.92. The predicted molar refractivity (Wildman–Crippen MR) is 99.4 cm³/mol. The lowest BCUT2D eigenvalue weighted by molar-refractivity contribution is -0.128. The zero-order chi connectivity index (χ0) is 17.1. The third-order valence-electron chi connectivity index (χ3n) is 5.18. The van der Waals surface area contributed by atoms with Gasteiger partial charge in [-0.25, -0.2) is 0 Å². The second kappa shape index (κ2) is 7.14. The molecule has 0 atom stereocenters. The highest BCUT2D eigenvalue weighted by Crippen LogP contribution is 2.28. The van der Waals surface area contributed by atoms with E-state index in [9.17, 15) is 4.79 Å². The van der Waals surface area contributed by atoms with E-state index in [1.54, 1.807) is 0 Å². The Morgan fingerprint density at radius 1 is 1.00 bits per heavy atom. The molecule has 0 saturated carbocycles. The summed E-state index contributed by atoms with van der Waals surface area (Å²) in [4.78, 5) is 14.8. The third-order valence-corrected chi connectivity index (χ3v) is 5.18. The minimum Gasteiger partial charge on any atom is -0.488 e. The van der Waals surface area contributed by atoms with E-state index in [0.717, 1.165) is 49.2 Å². The van der Waals surface area contributed by atoms with Crippen molar-refractivity contribution in [2.24, 2.45) is 5.92 Å². The van der Waals surface area contributed by atoms with Crippen LogP contribution >= 0.6 is 0 Å². The Kier molecular flexibility index (Phi) is 4.55. The van der Waals surface area contributed by atoms with E-state index < -0.39 is 0 Å². The zero-order valence-corrected chi connectivity index (χ0v) is 14.4. The topological polar surface area (TPSA) is 29.5 Å². The molecule has 25 heavy (non-hydrogen) atoms. The van der Waals surface area contributed by atoms with Crippen LogP contribution in [0.2, 0.25) is 0 Å². The van der Waals surface area contributed by atoms with Gasteiger partial charge in [0, 0.05) is 18.7 Å². The van der Waals surface area contributed by atoms with Crippen molar-refractivity contribution in [3.63, 3.8) is 0 Å². The van der Waals surface area contributed by atoms with Gasteiger partial charge in [-0.1, -0.05) is 48.5 Å². The molecule has 2 aromatic rings. The van der Waals surface area contributed by atoms with Gasteiger partial charge in [-0.3, -0.25) is 4.79 Å². The molecule has 0 aliphatic carbocycles. The van der Waals surface area contributed by atoms with Crippen molar-refractivity contribution in [3.8, 4) is 5.75 Å². The van der Waals surface area contributed by atoms with Gasteiger partial charge in [0.25, 0.3) is 5.91 Å². The lowest BCUT2D eigenvalue weighted by Gasteiger charge is -2.33. The molecule has 0 unspecified atom stereocenters. The van der Waals surface area contributed by atoms with Gasteiger partial charge in [-0.15, -0.1) is 0 Å². The number of fused-ring (bicyclic) bond motifs is 1. The number of hydrogen-bond acceptors (Lipinski definition) is 2. The predicted octanol–water partition coefficient (Wildman–Crippen LogP) is 3.94. The number of ether oxygens (including phenoxy) is 1. The summed E-state index contributed by atoms with van der Waals surface area (Å²) < 4.78 is 5.73. The van der Waals surface area contributed by atoms with Crippen molar-refractivity contribution in [3.05, 3.63) is 71.3 Å². The maximum atomic E-state index is 12.8. The van der Waals surface area contributed by atoms with E-state index in [4.69, 9.17) is 4.74 Å². The van der Waals surface area contributed by atoms with Crippen LogP contribution in [0.15, 0.2) is 60.2 Å². The van der Waals surface area contributed by atoms with Gasteiger partial charge < -0.3 is 9.64 Å². The molecule has 2 heterocycles. The maximum Gasteiger partial charge on any atom is 0.253 e. The van der Waals surface area contributed by atoms with Crippen molar-refractivity contribution >= 4 is 12.0 Å². The summed E-state index contributed by atoms with van der Waals surface area (Å²) in [5, 5.41) is 0. The van der Waals surface area contributed by atoms with Crippen molar-refractivity contribution in [2.75, 3.05) is 19.7 Å². The monoisotopic (exact) mass is 333 g/mol. The highest BCUT2D eigenvalue weighted by molar-refractivity contribution is 5.99. The number of nitrogens with zero attached hydrogens (tertiary/aromatic N) is 1. The van der Waals surface area contributed by atoms with Gasteiger partial charge in [0.2, 0.25) is 0 Å². The normalized spacial score (nSPS) is 17.4. The molecule has 0 radical (unpaired) electrons. The first-order valence-corrected chi connectivity index (χ1v) is 9.05. The summed E-state index contributed by atoms with van der Waals surface area (Å²) in [5.74, 6) is 1.66. The summed E-state index contributed by atoms with van der Waals surface area (Å²) in [6.45, 7) is 2.06. The fourth-order valence-corrected chi connectivity index (χ4v) is 3.73. The van der Waals surface area contributed by atoms with Crippen LogP contribution < -0.4 is 4.74 Å². The van der Waals surface area contributed by atoms with Crippen LogP contribution in [0.5, 0.6) is 5.75 Å². The van der Waals surface area contributed by atoms with E-state index in [1.807, 2.05) is 35.2 Å². The average Bonchev–Trinajstić information content (AvgIpc) is 2.68. The molecule has 2 aliphatic rings. The van der Waals surface area contributed by atoms with E-state index in [1.165, 1.54) is 5.56 Å². The largest absolute Gasteiger partial charge is 0.488 e. The fraction of sp³-hybridized carbons (Fsp3) is 0.318. The molecule has 2 aromatic carbocycles. The lowest BCUT2D eigenvalue weighted by Crippen LogP contribution is -2.40. The number of rotatable bonds is 3. The lowest BCUT2D eigenvalue weighted by atomic mass is 9.90. The van der Waals surface area contributed by atoms with Crippen LogP contribution in [0.3, 0.4) is 0 Å². The smallest absolute Gasteiger partial charge is 0.253 e. The molecular weight excluding hydrogens is 310 g/mol. The summed E-state index contributed by atoms with van der Waals surface area (Å²) in [7, 11) is 0. The minimum absolute atomic E-state index is 0.132. The van der Waals surface area contributed by atoms with Gasteiger partial charge in [-0.05, 0) is 42.9 Å². The van der Waals surface area contributed by atoms with Crippen LogP contribution in [0.1, 0.15) is 24.0 Å². The molecule has 1 saturated heterocycles. The summed E-state index contributed by atoms with van der Waals surface area (Å²) in [6.07, 6.45) is 5.25. The molecule has 4 rings (SSSR count). The van der Waals surface area contributed by atoms with Crippen molar-refractivity contribution < 1.29 is 9.53 Å². The van der Waals surface area contributed by atoms with Crippen LogP contribution in [0.25, 0.3) is 6.08 Å². The summed E-state index contributed by atoms with van der Waals surface area (Å²) in [6, 6.07) is 18.5. The number of piperidine rings is 1. The molecule has 1 fully saturated rings. The number of para-hydroxylation sites is 1. The number of likely N-dealkylation sites (tertiary alicyclic amines) is 1. The van der Waals surface area contributed by atoms with Crippen LogP contribution in [0, 0.1) is 5.92 Å². The molecule has 0 spiro atoms. The fourth-order valence-electron chi connectivity index (χ4n) is 3.73. The van der Waals surface area contributed by atoms with Gasteiger partial charge in [-0.2, -0.15) is 0 Å². The zero-order valence-electron chi connectivity index (χ0n) is 14.4. The number of carbonyl (C=O) groups is 1. The molecule has 3 heteroatoms. The Labute approximate surface area is 148 Å². The molecule has 3 nitrogen and oxygen atoms in total. The van der Waals surface area contributed by atoms with Gasteiger partial charge in [0.1, 0.15) is 12.4 Å². The Morgan fingerprint density at radius 2 is 1.72 bits per heavy atom. The van der Waals surface area contributed by atoms with E-state index in [-0.39, 0.29) is 5.91 Å². The first-order chi connectivity index (χ1) is 12.3. The number of amides is 1. The van der Waals surface area contributed by atoms with Gasteiger partial charge in [0.15, 0.2) is 0 Å². The molecule has 1 amide bonds. The van der Waals surface area contributed by atoms with Gasteiger partial charge in [0.05, 0.1) is 5.57 Å². The second-order valence-corrected chi connectivity index (χ2v) is 6.92. The van der Waals surface area contributed by atoms with Crippen LogP contribution in [-0.2, 0) is 11.2 Å². The van der Waals surface area contributed by atoms with E-state index >= 15 is 0 Å². The third kappa shape index (κ3) is 3.60. The Bertz CT molecular complexity index is 774. The number of carbonyl (C=O) groups excluding carboxylic acids is 1. The van der Waals surface area contributed by atoms with Crippen LogP contribution in [0.4, 0.5) is 0 Å². The number of benzene rings is 2. The minimum atomic E-state index is 0.132. The quantitative estimate of drug-likeness (QED) is 0.851. The Hall–Kier alpha value is -2.55. The molecule has 128 valence electrons. The Morgan fingerprint density at radius 3 is 2.52 bits per heavy atom. The molecule has 0 bridgehead atoms. The van der Waals surface area contributed by atoms with E-state index in [2.05, 4.69) is 30.3 Å². The summed E-state index contributed by atoms with van der Waals surface area (Å²) >= 11 is 0. The molecule has 0 N–H and O–H groups in total. The number of hydrogen-bond donors (Lipinski definition) is 0. The first-order valence-electron chi connectivity index (χ1n) is 9.05. The standard InChI is InChI=1S/C22H23NO2/c24-22(20-15-19-8-4-5-9-21(19)25-16-20)23-12-10-18(11-13-23)14-17-6-2-1-3-7-17/h1-9,15,18H,10-14,16H2. The molecule has 0 aromatic heterocycles. The SMILES string of the molecule is O=C(C1=Cc2ccccc2OC1)N1CCC(Cc2ccccc2)CC1. The molecular formula is C22H23NO2. The van der Waals surface area contributed by atoms with E-state index in [0.29, 0.717) is 12.5 Å². The highest BCUT2D eigenvalue weighted by atomic mass is 16.5. The summed E-state index contributed by atoms with van der Waals surface area (Å²) in [5.41, 5.74) is 3.16. The van der Waals surface area contributed by atoms with Crippen molar-refractivity contribution in [1.29, 1.82) is 0 Å². The van der Waals surface area contributed by atoms with Crippen LogP contribution in [-0.4, -0.2) is 30.5 Å². The van der Waals surface area contributed by atoms with Gasteiger partial charge >= 0.3 is 0 Å².